The summed E-state index contributed by atoms with van der Waals surface area (Å²) in [6.45, 7) is 1.32. The van der Waals surface area contributed by atoms with Crippen LogP contribution >= 0.6 is 11.3 Å². The lowest BCUT2D eigenvalue weighted by Gasteiger charge is -2.29. The minimum atomic E-state index is -0.298. The molecular weight excluding hydrogens is 365 g/mol. The Labute approximate surface area is 160 Å². The van der Waals surface area contributed by atoms with E-state index in [9.17, 15) is 9.18 Å². The Bertz CT molecular complexity index is 927. The van der Waals surface area contributed by atoms with E-state index in [2.05, 4.69) is 10.1 Å². The number of likely N-dealkylation sites (tertiary alicyclic amines) is 1. The first-order valence-electron chi connectivity index (χ1n) is 8.79. The minimum Gasteiger partial charge on any atom is -0.339 e. The van der Waals surface area contributed by atoms with E-state index in [0.29, 0.717) is 24.8 Å². The topological polar surface area (TPSA) is 59.2 Å². The lowest BCUT2D eigenvalue weighted by molar-refractivity contribution is -0.127. The molecule has 27 heavy (non-hydrogen) atoms. The fourth-order valence-electron chi connectivity index (χ4n) is 3.11. The van der Waals surface area contributed by atoms with Gasteiger partial charge in [-0.3, -0.25) is 4.79 Å². The van der Waals surface area contributed by atoms with Gasteiger partial charge in [-0.25, -0.2) is 4.39 Å². The van der Waals surface area contributed by atoms with Gasteiger partial charge in [-0.05, 0) is 54.6 Å². The molecule has 1 aliphatic heterocycles. The zero-order valence-electron chi connectivity index (χ0n) is 14.5. The van der Waals surface area contributed by atoms with Crippen molar-refractivity contribution in [2.75, 3.05) is 13.1 Å². The van der Waals surface area contributed by atoms with Crippen molar-refractivity contribution in [2.45, 2.75) is 18.8 Å². The van der Waals surface area contributed by atoms with Crippen LogP contribution in [0.2, 0.25) is 0 Å². The van der Waals surface area contributed by atoms with E-state index >= 15 is 0 Å². The average Bonchev–Trinajstić information content (AvgIpc) is 3.39. The van der Waals surface area contributed by atoms with Crippen LogP contribution in [0, 0.1) is 5.82 Å². The first kappa shape index (κ1) is 17.6. The maximum absolute atomic E-state index is 13.0. The van der Waals surface area contributed by atoms with Crippen molar-refractivity contribution in [3.63, 3.8) is 0 Å². The van der Waals surface area contributed by atoms with Gasteiger partial charge in [0.2, 0.25) is 17.6 Å². The van der Waals surface area contributed by atoms with Gasteiger partial charge in [0, 0.05) is 35.5 Å². The molecule has 0 N–H and O–H groups in total. The van der Waals surface area contributed by atoms with Gasteiger partial charge >= 0.3 is 0 Å². The van der Waals surface area contributed by atoms with Crippen LogP contribution in [0.4, 0.5) is 4.39 Å². The number of carbonyl (C=O) groups excluding carboxylic acids is 1. The van der Waals surface area contributed by atoms with Crippen molar-refractivity contribution >= 4 is 23.3 Å². The summed E-state index contributed by atoms with van der Waals surface area (Å²) < 4.78 is 18.4. The summed E-state index contributed by atoms with van der Waals surface area (Å²) in [4.78, 5) is 19.7. The van der Waals surface area contributed by atoms with Crippen molar-refractivity contribution in [3.8, 4) is 11.4 Å². The van der Waals surface area contributed by atoms with E-state index in [1.807, 2.05) is 28.5 Å². The van der Waals surface area contributed by atoms with Crippen LogP contribution in [0.3, 0.4) is 0 Å². The molecule has 5 nitrogen and oxygen atoms in total. The highest BCUT2D eigenvalue weighted by Gasteiger charge is 2.27. The molecule has 0 unspecified atom stereocenters. The van der Waals surface area contributed by atoms with Crippen molar-refractivity contribution in [1.82, 2.24) is 15.0 Å². The molecule has 3 heterocycles. The van der Waals surface area contributed by atoms with Gasteiger partial charge in [0.1, 0.15) is 5.82 Å². The lowest BCUT2D eigenvalue weighted by atomic mass is 9.96. The monoisotopic (exact) mass is 383 g/mol. The van der Waals surface area contributed by atoms with E-state index in [4.69, 9.17) is 4.52 Å². The number of nitrogens with zero attached hydrogens (tertiary/aromatic N) is 3. The Hall–Kier alpha value is -2.80. The van der Waals surface area contributed by atoms with Crippen molar-refractivity contribution in [3.05, 3.63) is 64.4 Å². The normalized spacial score (nSPS) is 15.5. The number of hydrogen-bond donors (Lipinski definition) is 0. The number of benzene rings is 1. The number of amides is 1. The summed E-state index contributed by atoms with van der Waals surface area (Å²) >= 11 is 1.60. The van der Waals surface area contributed by atoms with E-state index in [1.54, 1.807) is 29.5 Å². The number of carbonyl (C=O) groups is 1. The van der Waals surface area contributed by atoms with Crippen LogP contribution in [0.25, 0.3) is 17.5 Å². The van der Waals surface area contributed by atoms with Gasteiger partial charge in [0.05, 0.1) is 0 Å². The summed E-state index contributed by atoms with van der Waals surface area (Å²) in [6, 6.07) is 9.95. The number of piperidine rings is 1. The van der Waals surface area contributed by atoms with E-state index in [-0.39, 0.29) is 17.6 Å². The van der Waals surface area contributed by atoms with Crippen molar-refractivity contribution in [1.29, 1.82) is 0 Å². The molecule has 1 aromatic carbocycles. The van der Waals surface area contributed by atoms with Crippen molar-refractivity contribution in [2.24, 2.45) is 0 Å². The standard InChI is InChI=1S/C20H18FN3O2S/c21-16-5-3-14(4-6-16)19-22-20(26-23-19)15-9-11-24(12-10-15)18(25)8-7-17-2-1-13-27-17/h1-8,13,15H,9-12H2/b8-7+. The number of halogens is 1. The molecule has 7 heteroatoms. The quantitative estimate of drug-likeness (QED) is 0.628. The second-order valence-electron chi connectivity index (χ2n) is 6.41. The molecule has 2 aromatic heterocycles. The van der Waals surface area contributed by atoms with Crippen LogP contribution in [0.15, 0.2) is 52.4 Å². The summed E-state index contributed by atoms with van der Waals surface area (Å²) in [5, 5.41) is 5.99. The third kappa shape index (κ3) is 4.14. The second kappa shape index (κ2) is 7.84. The molecule has 0 bridgehead atoms. The number of thiophene rings is 1. The van der Waals surface area contributed by atoms with Crippen LogP contribution in [0.1, 0.15) is 29.5 Å². The van der Waals surface area contributed by atoms with E-state index in [0.717, 1.165) is 23.3 Å². The SMILES string of the molecule is O=C(/C=C/c1cccs1)N1CCC(c2nc(-c3ccc(F)cc3)no2)CC1. The lowest BCUT2D eigenvalue weighted by Crippen LogP contribution is -2.36. The van der Waals surface area contributed by atoms with Gasteiger partial charge in [-0.1, -0.05) is 11.2 Å². The van der Waals surface area contributed by atoms with E-state index in [1.165, 1.54) is 12.1 Å². The second-order valence-corrected chi connectivity index (χ2v) is 7.39. The predicted octanol–water partition coefficient (Wildman–Crippen LogP) is 4.36. The fraction of sp³-hybridized carbons (Fsp3) is 0.250. The molecule has 0 radical (unpaired) electrons. The fourth-order valence-corrected chi connectivity index (χ4v) is 3.73. The van der Waals surface area contributed by atoms with E-state index < -0.39 is 0 Å². The summed E-state index contributed by atoms with van der Waals surface area (Å²) in [6.07, 6.45) is 5.05. The molecule has 0 atom stereocenters. The molecule has 0 spiro atoms. The molecular formula is C20H18FN3O2S. The molecule has 1 fully saturated rings. The molecule has 1 aliphatic rings. The number of hydrogen-bond acceptors (Lipinski definition) is 5. The third-order valence-corrected chi connectivity index (χ3v) is 5.47. The Morgan fingerprint density at radius 1 is 1.22 bits per heavy atom. The van der Waals surface area contributed by atoms with Gasteiger partial charge in [-0.15, -0.1) is 11.3 Å². The summed E-state index contributed by atoms with van der Waals surface area (Å²) in [7, 11) is 0. The Morgan fingerprint density at radius 2 is 2.00 bits per heavy atom. The zero-order valence-corrected chi connectivity index (χ0v) is 15.4. The highest BCUT2D eigenvalue weighted by molar-refractivity contribution is 7.10. The maximum atomic E-state index is 13.0. The van der Waals surface area contributed by atoms with Gasteiger partial charge in [0.15, 0.2) is 0 Å². The molecule has 1 saturated heterocycles. The largest absolute Gasteiger partial charge is 0.339 e. The van der Waals surface area contributed by atoms with Gasteiger partial charge in [-0.2, -0.15) is 4.98 Å². The zero-order chi connectivity index (χ0) is 18.6. The van der Waals surface area contributed by atoms with Crippen LogP contribution in [-0.4, -0.2) is 34.0 Å². The van der Waals surface area contributed by atoms with Crippen LogP contribution in [0.5, 0.6) is 0 Å². The first-order chi connectivity index (χ1) is 13.2. The van der Waals surface area contributed by atoms with Crippen molar-refractivity contribution < 1.29 is 13.7 Å². The Kier molecular flexibility index (Phi) is 5.11. The molecule has 4 rings (SSSR count). The Balaban J connectivity index is 1.35. The minimum absolute atomic E-state index is 0.0272. The Morgan fingerprint density at radius 3 is 2.70 bits per heavy atom. The number of aromatic nitrogens is 2. The third-order valence-electron chi connectivity index (χ3n) is 4.63. The number of rotatable bonds is 4. The predicted molar refractivity (Wildman–Crippen MR) is 102 cm³/mol. The molecule has 0 saturated carbocycles. The highest BCUT2D eigenvalue weighted by atomic mass is 32.1. The van der Waals surface area contributed by atoms with Gasteiger partial charge < -0.3 is 9.42 Å². The maximum Gasteiger partial charge on any atom is 0.246 e. The summed E-state index contributed by atoms with van der Waals surface area (Å²) in [5.74, 6) is 0.905. The highest BCUT2D eigenvalue weighted by Crippen LogP contribution is 2.28. The molecule has 1 amide bonds. The summed E-state index contributed by atoms with van der Waals surface area (Å²) in [5.41, 5.74) is 0.720. The average molecular weight is 383 g/mol. The molecule has 3 aromatic rings. The van der Waals surface area contributed by atoms with Gasteiger partial charge in [0.25, 0.3) is 0 Å². The van der Waals surface area contributed by atoms with Crippen LogP contribution in [-0.2, 0) is 4.79 Å². The molecule has 0 aliphatic carbocycles. The smallest absolute Gasteiger partial charge is 0.246 e. The van der Waals surface area contributed by atoms with Crippen LogP contribution < -0.4 is 0 Å². The first-order valence-corrected chi connectivity index (χ1v) is 9.67. The molecule has 138 valence electrons.